The number of nitrogens with one attached hydrogen (secondary N) is 1. The molecule has 2 nitrogen and oxygen atoms in total. The van der Waals surface area contributed by atoms with Gasteiger partial charge in [-0.1, -0.05) is 58.4 Å². The molecule has 1 aliphatic rings. The van der Waals surface area contributed by atoms with Crippen LogP contribution in [-0.2, 0) is 16.9 Å². The summed E-state index contributed by atoms with van der Waals surface area (Å²) >= 11 is 3.46. The first-order valence-electron chi connectivity index (χ1n) is 7.29. The molecule has 0 heterocycles. The van der Waals surface area contributed by atoms with Crippen LogP contribution in [0.1, 0.15) is 30.4 Å². The topological polar surface area (TPSA) is 29.1 Å². The Kier molecular flexibility index (Phi) is 4.22. The van der Waals surface area contributed by atoms with Gasteiger partial charge in [0.2, 0.25) is 0 Å². The smallest absolute Gasteiger partial charge is 0.157 e. The van der Waals surface area contributed by atoms with E-state index < -0.39 is 5.54 Å². The predicted octanol–water partition coefficient (Wildman–Crippen LogP) is 4.19. The lowest BCUT2D eigenvalue weighted by atomic mass is 9.87. The largest absolute Gasteiger partial charge is 0.297 e. The molecule has 3 rings (SSSR count). The molecule has 1 unspecified atom stereocenters. The molecule has 0 spiro atoms. The lowest BCUT2D eigenvalue weighted by Crippen LogP contribution is -2.45. The van der Waals surface area contributed by atoms with Crippen LogP contribution < -0.4 is 5.32 Å². The Morgan fingerprint density at radius 3 is 2.38 bits per heavy atom. The Bertz CT molecular complexity index is 623. The molecule has 0 saturated heterocycles. The molecular formula is C18H18BrNO. The van der Waals surface area contributed by atoms with Crippen LogP contribution >= 0.6 is 15.9 Å². The van der Waals surface area contributed by atoms with Gasteiger partial charge in [-0.05, 0) is 36.1 Å². The second kappa shape index (κ2) is 6.12. The van der Waals surface area contributed by atoms with Crippen molar-refractivity contribution in [2.24, 2.45) is 0 Å². The summed E-state index contributed by atoms with van der Waals surface area (Å²) in [6.45, 7) is 0.711. The van der Waals surface area contributed by atoms with E-state index in [1.54, 1.807) is 0 Å². The maximum absolute atomic E-state index is 12.5. The summed E-state index contributed by atoms with van der Waals surface area (Å²) < 4.78 is 1.04. The molecule has 1 aliphatic carbocycles. The number of benzene rings is 2. The van der Waals surface area contributed by atoms with E-state index in [0.29, 0.717) is 18.7 Å². The third-order valence-corrected chi connectivity index (χ3v) is 4.73. The van der Waals surface area contributed by atoms with Gasteiger partial charge in [0.1, 0.15) is 5.54 Å². The van der Waals surface area contributed by atoms with E-state index in [2.05, 4.69) is 33.4 Å². The van der Waals surface area contributed by atoms with Crippen molar-refractivity contribution in [3.8, 4) is 0 Å². The standard InChI is InChI=1S/C18H18BrNO/c19-16-10-8-15(9-11-16)18(12-4-7-17(18)21)20-13-14-5-2-1-3-6-14/h1-3,5-6,8-11,20H,4,7,12-13H2. The van der Waals surface area contributed by atoms with Crippen molar-refractivity contribution in [2.75, 3.05) is 0 Å². The van der Waals surface area contributed by atoms with Gasteiger partial charge in [-0.2, -0.15) is 0 Å². The van der Waals surface area contributed by atoms with Gasteiger partial charge >= 0.3 is 0 Å². The first-order chi connectivity index (χ1) is 10.2. The van der Waals surface area contributed by atoms with Crippen LogP contribution in [0.25, 0.3) is 0 Å². The van der Waals surface area contributed by atoms with E-state index in [9.17, 15) is 4.79 Å². The Balaban J connectivity index is 1.87. The maximum atomic E-state index is 12.5. The fraction of sp³-hybridized carbons (Fsp3) is 0.278. The molecule has 0 radical (unpaired) electrons. The first-order valence-corrected chi connectivity index (χ1v) is 8.08. The normalized spacial score (nSPS) is 21.7. The van der Waals surface area contributed by atoms with Crippen molar-refractivity contribution in [1.29, 1.82) is 0 Å². The molecule has 1 fully saturated rings. The van der Waals surface area contributed by atoms with Crippen LogP contribution in [0.2, 0.25) is 0 Å². The number of carbonyl (C=O) groups is 1. The zero-order valence-electron chi connectivity index (χ0n) is 11.8. The molecule has 1 saturated carbocycles. The van der Waals surface area contributed by atoms with Gasteiger partial charge in [0.05, 0.1) is 0 Å². The molecule has 0 aromatic heterocycles. The lowest BCUT2D eigenvalue weighted by Gasteiger charge is -2.30. The Morgan fingerprint density at radius 2 is 1.76 bits per heavy atom. The number of Topliss-reactive ketones (excluding diaryl/α,β-unsaturated/α-hetero) is 1. The third-order valence-electron chi connectivity index (χ3n) is 4.21. The van der Waals surface area contributed by atoms with Gasteiger partial charge in [-0.25, -0.2) is 0 Å². The average Bonchev–Trinajstić information content (AvgIpc) is 2.89. The van der Waals surface area contributed by atoms with Gasteiger partial charge in [0, 0.05) is 17.4 Å². The summed E-state index contributed by atoms with van der Waals surface area (Å²) in [5.74, 6) is 0.306. The number of ketones is 1. The SMILES string of the molecule is O=C1CCCC1(NCc1ccccc1)c1ccc(Br)cc1. The fourth-order valence-electron chi connectivity index (χ4n) is 3.04. The highest BCUT2D eigenvalue weighted by Gasteiger charge is 2.42. The lowest BCUT2D eigenvalue weighted by molar-refractivity contribution is -0.123. The molecular weight excluding hydrogens is 326 g/mol. The van der Waals surface area contributed by atoms with Crippen molar-refractivity contribution in [2.45, 2.75) is 31.3 Å². The molecule has 2 aromatic rings. The van der Waals surface area contributed by atoms with Crippen LogP contribution in [0.15, 0.2) is 59.1 Å². The van der Waals surface area contributed by atoms with Gasteiger partial charge in [0.25, 0.3) is 0 Å². The van der Waals surface area contributed by atoms with E-state index in [1.807, 2.05) is 42.5 Å². The summed E-state index contributed by atoms with van der Waals surface area (Å²) in [6.07, 6.45) is 2.49. The number of rotatable bonds is 4. The second-order valence-corrected chi connectivity index (χ2v) is 6.44. The zero-order valence-corrected chi connectivity index (χ0v) is 13.4. The van der Waals surface area contributed by atoms with Crippen molar-refractivity contribution < 1.29 is 4.79 Å². The molecule has 21 heavy (non-hydrogen) atoms. The number of carbonyl (C=O) groups excluding carboxylic acids is 1. The molecule has 1 N–H and O–H groups in total. The number of halogens is 1. The number of hydrogen-bond donors (Lipinski definition) is 1. The monoisotopic (exact) mass is 343 g/mol. The van der Waals surface area contributed by atoms with Gasteiger partial charge in [-0.3, -0.25) is 10.1 Å². The van der Waals surface area contributed by atoms with Crippen LogP contribution in [0.5, 0.6) is 0 Å². The van der Waals surface area contributed by atoms with E-state index in [-0.39, 0.29) is 0 Å². The van der Waals surface area contributed by atoms with E-state index in [1.165, 1.54) is 5.56 Å². The third kappa shape index (κ3) is 2.94. The Labute approximate surface area is 133 Å². The van der Waals surface area contributed by atoms with Crippen molar-refractivity contribution in [1.82, 2.24) is 5.32 Å². The van der Waals surface area contributed by atoms with E-state index in [4.69, 9.17) is 0 Å². The number of hydrogen-bond acceptors (Lipinski definition) is 2. The van der Waals surface area contributed by atoms with Gasteiger partial charge in [0.15, 0.2) is 5.78 Å². The van der Waals surface area contributed by atoms with E-state index in [0.717, 1.165) is 22.9 Å². The minimum atomic E-state index is -0.517. The fourth-order valence-corrected chi connectivity index (χ4v) is 3.31. The predicted molar refractivity (Wildman–Crippen MR) is 88.0 cm³/mol. The van der Waals surface area contributed by atoms with Crippen LogP contribution in [0.3, 0.4) is 0 Å². The minimum Gasteiger partial charge on any atom is -0.297 e. The highest BCUT2D eigenvalue weighted by Crippen LogP contribution is 2.36. The summed E-state index contributed by atoms with van der Waals surface area (Å²) in [4.78, 5) is 12.5. The molecule has 3 heteroatoms. The van der Waals surface area contributed by atoms with Crippen LogP contribution in [-0.4, -0.2) is 5.78 Å². The molecule has 1 atom stereocenters. The Morgan fingerprint density at radius 1 is 1.05 bits per heavy atom. The molecule has 0 aliphatic heterocycles. The Hall–Kier alpha value is -1.45. The van der Waals surface area contributed by atoms with Crippen molar-refractivity contribution in [3.63, 3.8) is 0 Å². The summed E-state index contributed by atoms with van der Waals surface area (Å²) in [6, 6.07) is 18.3. The first kappa shape index (κ1) is 14.5. The molecule has 0 amide bonds. The average molecular weight is 344 g/mol. The van der Waals surface area contributed by atoms with Crippen molar-refractivity contribution in [3.05, 3.63) is 70.2 Å². The van der Waals surface area contributed by atoms with Crippen molar-refractivity contribution >= 4 is 21.7 Å². The van der Waals surface area contributed by atoms with E-state index >= 15 is 0 Å². The molecule has 2 aromatic carbocycles. The summed E-state index contributed by atoms with van der Waals surface area (Å²) in [7, 11) is 0. The molecule has 0 bridgehead atoms. The zero-order chi connectivity index (χ0) is 14.7. The minimum absolute atomic E-state index is 0.306. The summed E-state index contributed by atoms with van der Waals surface area (Å²) in [5.41, 5.74) is 1.76. The summed E-state index contributed by atoms with van der Waals surface area (Å²) in [5, 5.41) is 3.53. The second-order valence-electron chi connectivity index (χ2n) is 5.53. The quantitative estimate of drug-likeness (QED) is 0.901. The highest BCUT2D eigenvalue weighted by atomic mass is 79.9. The maximum Gasteiger partial charge on any atom is 0.157 e. The highest BCUT2D eigenvalue weighted by molar-refractivity contribution is 9.10. The molecule has 108 valence electrons. The van der Waals surface area contributed by atoms with Crippen LogP contribution in [0, 0.1) is 0 Å². The van der Waals surface area contributed by atoms with Gasteiger partial charge in [-0.15, -0.1) is 0 Å². The van der Waals surface area contributed by atoms with Crippen LogP contribution in [0.4, 0.5) is 0 Å². The van der Waals surface area contributed by atoms with Gasteiger partial charge < -0.3 is 0 Å².